The van der Waals surface area contributed by atoms with Crippen LogP contribution in [0.2, 0.25) is 0 Å². The Labute approximate surface area is 117 Å². The molecule has 2 rings (SSSR count). The number of carboxylic acid groups (broad SMARTS) is 1. The van der Waals surface area contributed by atoms with Crippen LogP contribution in [0.5, 0.6) is 0 Å². The summed E-state index contributed by atoms with van der Waals surface area (Å²) in [5.41, 5.74) is 0.890. The molecule has 106 valence electrons. The number of aryl methyl sites for hydroxylation is 1. The second-order valence-electron chi connectivity index (χ2n) is 4.90. The van der Waals surface area contributed by atoms with E-state index in [1.165, 1.54) is 0 Å². The van der Waals surface area contributed by atoms with Gasteiger partial charge in [-0.2, -0.15) is 0 Å². The van der Waals surface area contributed by atoms with E-state index in [0.717, 1.165) is 43.4 Å². The van der Waals surface area contributed by atoms with Gasteiger partial charge in [-0.05, 0) is 18.8 Å². The third-order valence-electron chi connectivity index (χ3n) is 3.42. The largest absolute Gasteiger partial charge is 0.481 e. The topological polar surface area (TPSA) is 62.7 Å². The van der Waals surface area contributed by atoms with Gasteiger partial charge in [-0.15, -0.1) is 11.3 Å². The number of piperidine rings is 1. The molecule has 0 aromatic carbocycles. The predicted molar refractivity (Wildman–Crippen MR) is 74.9 cm³/mol. The van der Waals surface area contributed by atoms with Crippen LogP contribution >= 0.6 is 11.3 Å². The minimum atomic E-state index is -0.769. The molecule has 0 atom stereocenters. The number of nitrogens with zero attached hydrogens (tertiary/aromatic N) is 2. The summed E-state index contributed by atoms with van der Waals surface area (Å²) in [4.78, 5) is 17.4. The molecule has 0 spiro atoms. The fourth-order valence-electron chi connectivity index (χ4n) is 2.32. The van der Waals surface area contributed by atoms with Crippen molar-refractivity contribution in [1.29, 1.82) is 0 Å². The Hall–Kier alpha value is -1.14. The highest BCUT2D eigenvalue weighted by molar-refractivity contribution is 7.13. The van der Waals surface area contributed by atoms with Gasteiger partial charge < -0.3 is 14.7 Å². The van der Waals surface area contributed by atoms with Crippen molar-refractivity contribution in [1.82, 2.24) is 4.98 Å². The quantitative estimate of drug-likeness (QED) is 0.866. The molecule has 6 heteroatoms. The number of carbonyl (C=O) groups is 1. The molecule has 1 N–H and O–H groups in total. The van der Waals surface area contributed by atoms with E-state index in [4.69, 9.17) is 9.84 Å². The number of anilines is 1. The molecule has 0 amide bonds. The van der Waals surface area contributed by atoms with Crippen molar-refractivity contribution in [3.63, 3.8) is 0 Å². The van der Waals surface area contributed by atoms with E-state index in [9.17, 15) is 4.79 Å². The Morgan fingerprint density at radius 2 is 2.32 bits per heavy atom. The first-order valence-corrected chi connectivity index (χ1v) is 7.47. The summed E-state index contributed by atoms with van der Waals surface area (Å²) in [5, 5.41) is 11.7. The third kappa shape index (κ3) is 4.18. The van der Waals surface area contributed by atoms with Gasteiger partial charge >= 0.3 is 5.97 Å². The van der Waals surface area contributed by atoms with E-state index >= 15 is 0 Å². The Balaban J connectivity index is 1.84. The molecule has 2 heterocycles. The summed E-state index contributed by atoms with van der Waals surface area (Å²) in [7, 11) is 1.75. The van der Waals surface area contributed by atoms with Crippen molar-refractivity contribution in [3.8, 4) is 0 Å². The van der Waals surface area contributed by atoms with E-state index in [1.54, 1.807) is 18.4 Å². The molecular formula is C13H20N2O3S. The van der Waals surface area contributed by atoms with E-state index in [2.05, 4.69) is 9.88 Å². The minimum absolute atomic E-state index is 0.152. The van der Waals surface area contributed by atoms with Gasteiger partial charge in [0.25, 0.3) is 0 Å². The number of hydrogen-bond donors (Lipinski definition) is 1. The van der Waals surface area contributed by atoms with Gasteiger partial charge in [0.15, 0.2) is 5.13 Å². The summed E-state index contributed by atoms with van der Waals surface area (Å²) >= 11 is 1.61. The standard InChI is InChI=1S/C13H20N2O3S/c1-18-8-10-4-6-15(7-5-10)13-14-11(9-19-13)2-3-12(16)17/h9-10H,2-8H2,1H3,(H,16,17). The van der Waals surface area contributed by atoms with Crippen molar-refractivity contribution in [2.45, 2.75) is 25.7 Å². The first-order chi connectivity index (χ1) is 9.19. The van der Waals surface area contributed by atoms with Crippen molar-refractivity contribution in [2.24, 2.45) is 5.92 Å². The van der Waals surface area contributed by atoms with Crippen molar-refractivity contribution < 1.29 is 14.6 Å². The Morgan fingerprint density at radius 1 is 1.58 bits per heavy atom. The molecule has 0 radical (unpaired) electrons. The van der Waals surface area contributed by atoms with Gasteiger partial charge in [0.2, 0.25) is 0 Å². The predicted octanol–water partition coefficient (Wildman–Crippen LogP) is 2.02. The smallest absolute Gasteiger partial charge is 0.303 e. The zero-order valence-corrected chi connectivity index (χ0v) is 12.0. The van der Waals surface area contributed by atoms with Gasteiger partial charge in [-0.25, -0.2) is 4.98 Å². The van der Waals surface area contributed by atoms with Crippen LogP contribution in [0, 0.1) is 5.92 Å². The normalized spacial score (nSPS) is 16.8. The maximum absolute atomic E-state index is 10.5. The van der Waals surface area contributed by atoms with Gasteiger partial charge in [-0.3, -0.25) is 4.79 Å². The molecule has 1 saturated heterocycles. The number of aromatic nitrogens is 1. The third-order valence-corrected chi connectivity index (χ3v) is 4.37. The summed E-state index contributed by atoms with van der Waals surface area (Å²) in [6.45, 7) is 2.87. The molecule has 1 fully saturated rings. The second kappa shape index (κ2) is 6.86. The number of carboxylic acids is 1. The van der Waals surface area contributed by atoms with Crippen LogP contribution in [0.4, 0.5) is 5.13 Å². The summed E-state index contributed by atoms with van der Waals surface area (Å²) < 4.78 is 5.19. The van der Waals surface area contributed by atoms with E-state index in [1.807, 2.05) is 5.38 Å². The highest BCUT2D eigenvalue weighted by atomic mass is 32.1. The highest BCUT2D eigenvalue weighted by Gasteiger charge is 2.21. The molecule has 1 aromatic heterocycles. The Kier molecular flexibility index (Phi) is 5.15. The summed E-state index contributed by atoms with van der Waals surface area (Å²) in [6.07, 6.45) is 2.95. The van der Waals surface area contributed by atoms with E-state index in [-0.39, 0.29) is 6.42 Å². The second-order valence-corrected chi connectivity index (χ2v) is 5.74. The fourth-order valence-corrected chi connectivity index (χ4v) is 3.23. The van der Waals surface area contributed by atoms with Crippen LogP contribution in [0.25, 0.3) is 0 Å². The van der Waals surface area contributed by atoms with Crippen molar-refractivity contribution >= 4 is 22.4 Å². The number of thiazole rings is 1. The molecule has 1 aliphatic heterocycles. The summed E-state index contributed by atoms with van der Waals surface area (Å²) in [5.74, 6) is -0.109. The molecule has 19 heavy (non-hydrogen) atoms. The Bertz CT molecular complexity index is 414. The first kappa shape index (κ1) is 14.3. The van der Waals surface area contributed by atoms with Crippen LogP contribution in [0.3, 0.4) is 0 Å². The van der Waals surface area contributed by atoms with Crippen LogP contribution in [-0.2, 0) is 16.0 Å². The van der Waals surface area contributed by atoms with E-state index < -0.39 is 5.97 Å². The molecule has 1 aromatic rings. The number of methoxy groups -OCH3 is 1. The zero-order valence-electron chi connectivity index (χ0n) is 11.2. The van der Waals surface area contributed by atoms with Crippen LogP contribution < -0.4 is 4.90 Å². The fraction of sp³-hybridized carbons (Fsp3) is 0.692. The Morgan fingerprint density at radius 3 is 2.95 bits per heavy atom. The lowest BCUT2D eigenvalue weighted by Crippen LogP contribution is -2.34. The zero-order chi connectivity index (χ0) is 13.7. The molecular weight excluding hydrogens is 264 g/mol. The molecule has 0 saturated carbocycles. The number of rotatable bonds is 6. The van der Waals surface area contributed by atoms with Crippen LogP contribution in [0.1, 0.15) is 25.0 Å². The van der Waals surface area contributed by atoms with Gasteiger partial charge in [0.05, 0.1) is 12.1 Å². The maximum Gasteiger partial charge on any atom is 0.303 e. The molecule has 0 aliphatic carbocycles. The number of aliphatic carboxylic acids is 1. The number of hydrogen-bond acceptors (Lipinski definition) is 5. The molecule has 0 bridgehead atoms. The van der Waals surface area contributed by atoms with Crippen LogP contribution in [-0.4, -0.2) is 42.9 Å². The lowest BCUT2D eigenvalue weighted by molar-refractivity contribution is -0.136. The lowest BCUT2D eigenvalue weighted by Gasteiger charge is -2.31. The first-order valence-electron chi connectivity index (χ1n) is 6.59. The van der Waals surface area contributed by atoms with Gasteiger partial charge in [0.1, 0.15) is 0 Å². The minimum Gasteiger partial charge on any atom is -0.481 e. The highest BCUT2D eigenvalue weighted by Crippen LogP contribution is 2.26. The molecule has 1 aliphatic rings. The average molecular weight is 284 g/mol. The monoisotopic (exact) mass is 284 g/mol. The average Bonchev–Trinajstić information content (AvgIpc) is 2.86. The van der Waals surface area contributed by atoms with Gasteiger partial charge in [-0.1, -0.05) is 0 Å². The van der Waals surface area contributed by atoms with Crippen LogP contribution in [0.15, 0.2) is 5.38 Å². The number of ether oxygens (including phenoxy) is 1. The lowest BCUT2D eigenvalue weighted by atomic mass is 9.98. The van der Waals surface area contributed by atoms with Crippen molar-refractivity contribution in [3.05, 3.63) is 11.1 Å². The van der Waals surface area contributed by atoms with Crippen molar-refractivity contribution in [2.75, 3.05) is 31.7 Å². The van der Waals surface area contributed by atoms with E-state index in [0.29, 0.717) is 12.3 Å². The SMILES string of the molecule is COCC1CCN(c2nc(CCC(=O)O)cs2)CC1. The molecule has 5 nitrogen and oxygen atoms in total. The summed E-state index contributed by atoms with van der Waals surface area (Å²) in [6, 6.07) is 0. The molecule has 0 unspecified atom stereocenters. The maximum atomic E-state index is 10.5. The van der Waals surface area contributed by atoms with Gasteiger partial charge in [0, 0.05) is 38.6 Å².